The fraction of sp³-hybridized carbons (Fsp3) is 0.818. The Hall–Kier alpha value is -0.340. The van der Waals surface area contributed by atoms with E-state index in [4.69, 9.17) is 9.47 Å². The number of rotatable bonds is 2. The lowest BCUT2D eigenvalue weighted by Crippen LogP contribution is -2.06. The third kappa shape index (κ3) is 2.82. The third-order valence-electron chi connectivity index (χ3n) is 2.84. The molecule has 0 N–H and O–H groups in total. The molecule has 2 fully saturated rings. The lowest BCUT2D eigenvalue weighted by Gasteiger charge is -2.18. The summed E-state index contributed by atoms with van der Waals surface area (Å²) in [5, 5.41) is 0. The normalized spacial score (nSPS) is 27.4. The van der Waals surface area contributed by atoms with E-state index < -0.39 is 0 Å². The summed E-state index contributed by atoms with van der Waals surface area (Å²) in [4.78, 5) is 0. The maximum absolute atomic E-state index is 5.33. The van der Waals surface area contributed by atoms with Crippen LogP contribution < -0.4 is 0 Å². The maximum Gasteiger partial charge on any atom is 0.177 e. The van der Waals surface area contributed by atoms with Crippen LogP contribution in [0.2, 0.25) is 0 Å². The molecule has 0 aromatic carbocycles. The van der Waals surface area contributed by atoms with Gasteiger partial charge in [-0.25, -0.2) is 0 Å². The molecule has 2 aliphatic rings. The zero-order valence-electron chi connectivity index (χ0n) is 8.08. The first-order valence-electron chi connectivity index (χ1n) is 5.37. The van der Waals surface area contributed by atoms with E-state index in [9.17, 15) is 0 Å². The molecule has 0 atom stereocenters. The van der Waals surface area contributed by atoms with E-state index in [2.05, 4.69) is 12.2 Å². The van der Waals surface area contributed by atoms with Crippen molar-refractivity contribution in [1.82, 2.24) is 0 Å². The predicted octanol–water partition coefficient (Wildman–Crippen LogP) is 2.50. The quantitative estimate of drug-likeness (QED) is 0.611. The highest BCUT2D eigenvalue weighted by atomic mass is 16.7. The second-order valence-electron chi connectivity index (χ2n) is 3.89. The lowest BCUT2D eigenvalue weighted by molar-refractivity contribution is -0.00201. The Labute approximate surface area is 79.9 Å². The summed E-state index contributed by atoms with van der Waals surface area (Å²) in [7, 11) is 0. The average Bonchev–Trinajstić information content (AvgIpc) is 2.69. The Morgan fingerprint density at radius 3 is 2.23 bits per heavy atom. The van der Waals surface area contributed by atoms with Crippen molar-refractivity contribution in [3.8, 4) is 0 Å². The number of ether oxygens (including phenoxy) is 2. The van der Waals surface area contributed by atoms with E-state index in [0.717, 1.165) is 19.1 Å². The van der Waals surface area contributed by atoms with Crippen molar-refractivity contribution >= 4 is 0 Å². The van der Waals surface area contributed by atoms with Gasteiger partial charge in [0.1, 0.15) is 0 Å². The van der Waals surface area contributed by atoms with E-state index in [1.54, 1.807) is 0 Å². The highest BCUT2D eigenvalue weighted by Crippen LogP contribution is 2.24. The third-order valence-corrected chi connectivity index (χ3v) is 2.84. The molecule has 2 nitrogen and oxygen atoms in total. The summed E-state index contributed by atoms with van der Waals surface area (Å²) in [5.41, 5.74) is 0. The molecule has 0 unspecified atom stereocenters. The van der Waals surface area contributed by atoms with Gasteiger partial charge in [-0.3, -0.25) is 0 Å². The summed E-state index contributed by atoms with van der Waals surface area (Å²) in [6.45, 7) is 1.50. The van der Waals surface area contributed by atoms with E-state index in [1.165, 1.54) is 32.1 Å². The summed E-state index contributed by atoms with van der Waals surface area (Å²) in [6, 6.07) is 0. The van der Waals surface area contributed by atoms with Crippen molar-refractivity contribution in [3.05, 3.63) is 12.2 Å². The first-order chi connectivity index (χ1) is 6.45. The first-order valence-corrected chi connectivity index (χ1v) is 5.37. The molecule has 0 amide bonds. The molecular formula is C11H18O2. The Balaban J connectivity index is 1.74. The molecule has 74 valence electrons. The molecule has 1 saturated heterocycles. The van der Waals surface area contributed by atoms with Gasteiger partial charge >= 0.3 is 0 Å². The molecule has 1 heterocycles. The summed E-state index contributed by atoms with van der Waals surface area (Å²) in [6.07, 6.45) is 11.2. The molecule has 0 aromatic rings. The summed E-state index contributed by atoms with van der Waals surface area (Å²) < 4.78 is 10.7. The van der Waals surface area contributed by atoms with Crippen LogP contribution in [0.5, 0.6) is 0 Å². The van der Waals surface area contributed by atoms with Gasteiger partial charge in [0.15, 0.2) is 6.29 Å². The molecule has 0 spiro atoms. The second kappa shape index (κ2) is 4.77. The Morgan fingerprint density at radius 1 is 0.846 bits per heavy atom. The number of hydrogen-bond donors (Lipinski definition) is 0. The van der Waals surface area contributed by atoms with Crippen LogP contribution in [-0.2, 0) is 9.47 Å². The molecular weight excluding hydrogens is 164 g/mol. The van der Waals surface area contributed by atoms with Crippen LogP contribution in [0, 0.1) is 5.92 Å². The van der Waals surface area contributed by atoms with Crippen molar-refractivity contribution in [2.75, 3.05) is 13.2 Å². The van der Waals surface area contributed by atoms with Crippen molar-refractivity contribution in [1.29, 1.82) is 0 Å². The van der Waals surface area contributed by atoms with Gasteiger partial charge in [0, 0.05) is 0 Å². The smallest absolute Gasteiger partial charge is 0.177 e. The predicted molar refractivity (Wildman–Crippen MR) is 51.4 cm³/mol. The molecule has 0 radical (unpaired) electrons. The molecule has 2 rings (SSSR count). The highest BCUT2D eigenvalue weighted by Gasteiger charge is 2.14. The first kappa shape index (κ1) is 9.22. The van der Waals surface area contributed by atoms with E-state index in [-0.39, 0.29) is 6.29 Å². The van der Waals surface area contributed by atoms with Gasteiger partial charge in [0.2, 0.25) is 0 Å². The molecule has 13 heavy (non-hydrogen) atoms. The minimum absolute atomic E-state index is 0.0538. The molecule has 2 heteroatoms. The Kier molecular flexibility index (Phi) is 3.39. The summed E-state index contributed by atoms with van der Waals surface area (Å²) in [5.74, 6) is 0.779. The second-order valence-corrected chi connectivity index (χ2v) is 3.89. The van der Waals surface area contributed by atoms with Gasteiger partial charge in [-0.15, -0.1) is 0 Å². The maximum atomic E-state index is 5.33. The minimum Gasteiger partial charge on any atom is -0.347 e. The molecule has 1 aliphatic heterocycles. The minimum atomic E-state index is -0.0538. The summed E-state index contributed by atoms with van der Waals surface area (Å²) >= 11 is 0. The number of allylic oxidation sites excluding steroid dienone is 1. The van der Waals surface area contributed by atoms with Crippen LogP contribution in [0.1, 0.15) is 32.1 Å². The van der Waals surface area contributed by atoms with Crippen LogP contribution in [-0.4, -0.2) is 19.5 Å². The highest BCUT2D eigenvalue weighted by molar-refractivity contribution is 4.92. The van der Waals surface area contributed by atoms with Crippen molar-refractivity contribution in [2.24, 2.45) is 5.92 Å². The largest absolute Gasteiger partial charge is 0.347 e. The van der Waals surface area contributed by atoms with Gasteiger partial charge < -0.3 is 9.47 Å². The van der Waals surface area contributed by atoms with Gasteiger partial charge in [-0.05, 0) is 24.8 Å². The van der Waals surface area contributed by atoms with E-state index in [0.29, 0.717) is 0 Å². The molecule has 0 aromatic heterocycles. The van der Waals surface area contributed by atoms with Crippen LogP contribution in [0.3, 0.4) is 0 Å². The zero-order valence-corrected chi connectivity index (χ0v) is 8.08. The van der Waals surface area contributed by atoms with Crippen molar-refractivity contribution in [3.63, 3.8) is 0 Å². The van der Waals surface area contributed by atoms with Gasteiger partial charge in [0.05, 0.1) is 13.2 Å². The van der Waals surface area contributed by atoms with Crippen LogP contribution in [0.4, 0.5) is 0 Å². The van der Waals surface area contributed by atoms with Crippen molar-refractivity contribution in [2.45, 2.75) is 38.4 Å². The van der Waals surface area contributed by atoms with Crippen LogP contribution in [0.25, 0.3) is 0 Å². The SMILES string of the molecule is C(=C\C1OCCO1)/C1CCCCC1. The van der Waals surface area contributed by atoms with Crippen LogP contribution >= 0.6 is 0 Å². The fourth-order valence-electron chi connectivity index (χ4n) is 2.06. The van der Waals surface area contributed by atoms with Gasteiger partial charge in [0.25, 0.3) is 0 Å². The molecule has 1 saturated carbocycles. The fourth-order valence-corrected chi connectivity index (χ4v) is 2.06. The standard InChI is InChI=1S/C11H18O2/c1-2-4-10(5-3-1)6-7-11-12-8-9-13-11/h6-7,10-11H,1-5,8-9H2/b7-6+. The molecule has 0 bridgehead atoms. The van der Waals surface area contributed by atoms with E-state index in [1.807, 2.05) is 0 Å². The van der Waals surface area contributed by atoms with Gasteiger partial charge in [-0.2, -0.15) is 0 Å². The van der Waals surface area contributed by atoms with Crippen LogP contribution in [0.15, 0.2) is 12.2 Å². The lowest BCUT2D eigenvalue weighted by atomic mass is 9.89. The average molecular weight is 182 g/mol. The van der Waals surface area contributed by atoms with Gasteiger partial charge in [-0.1, -0.05) is 25.3 Å². The van der Waals surface area contributed by atoms with Crippen molar-refractivity contribution < 1.29 is 9.47 Å². The molecule has 1 aliphatic carbocycles. The zero-order chi connectivity index (χ0) is 8.93. The monoisotopic (exact) mass is 182 g/mol. The number of hydrogen-bond acceptors (Lipinski definition) is 2. The Bertz CT molecular complexity index is 165. The Morgan fingerprint density at radius 2 is 1.54 bits per heavy atom. The van der Waals surface area contributed by atoms with E-state index >= 15 is 0 Å². The topological polar surface area (TPSA) is 18.5 Å².